The fraction of sp³-hybridized carbons (Fsp3) is 0. The number of amides is 1. The zero-order chi connectivity index (χ0) is 17.4. The highest BCUT2D eigenvalue weighted by atomic mass is 19.1. The Kier molecular flexibility index (Phi) is 3.46. The molecular formula is C18H13FN4O2. The molecule has 0 radical (unpaired) electrons. The standard InChI is InChI=1S/C18H13FN4O2/c19-13-8-7-11(24)10-12(13)18(25)22-21-17-16-6-3-9-23(16)15-5-2-1-4-14(15)20-17/h1-10,24H,(H,20,21)(H,22,25). The fourth-order valence-electron chi connectivity index (χ4n) is 2.69. The lowest BCUT2D eigenvalue weighted by molar-refractivity contribution is 0.0958. The van der Waals surface area contributed by atoms with E-state index in [9.17, 15) is 14.3 Å². The Bertz CT molecular complexity index is 1110. The highest BCUT2D eigenvalue weighted by molar-refractivity contribution is 5.96. The molecular weight excluding hydrogens is 323 g/mol. The summed E-state index contributed by atoms with van der Waals surface area (Å²) in [5, 5.41) is 9.42. The molecule has 0 unspecified atom stereocenters. The molecule has 3 N–H and O–H groups in total. The number of hydrogen-bond acceptors (Lipinski definition) is 4. The first kappa shape index (κ1) is 14.9. The van der Waals surface area contributed by atoms with Crippen LogP contribution in [0.2, 0.25) is 0 Å². The van der Waals surface area contributed by atoms with Crippen LogP contribution in [0.4, 0.5) is 10.2 Å². The van der Waals surface area contributed by atoms with Crippen LogP contribution in [0.15, 0.2) is 60.8 Å². The third kappa shape index (κ3) is 2.61. The molecule has 2 aromatic heterocycles. The van der Waals surface area contributed by atoms with E-state index in [-0.39, 0.29) is 11.3 Å². The SMILES string of the molecule is O=C(NNc1nc2ccccc2n2cccc12)c1cc(O)ccc1F. The smallest absolute Gasteiger partial charge is 0.272 e. The summed E-state index contributed by atoms with van der Waals surface area (Å²) in [5.41, 5.74) is 7.31. The van der Waals surface area contributed by atoms with Gasteiger partial charge in [-0.2, -0.15) is 0 Å². The van der Waals surface area contributed by atoms with Gasteiger partial charge in [0.2, 0.25) is 0 Å². The number of carbonyl (C=O) groups excluding carboxylic acids is 1. The van der Waals surface area contributed by atoms with Crippen molar-refractivity contribution < 1.29 is 14.3 Å². The van der Waals surface area contributed by atoms with Crippen LogP contribution in [0, 0.1) is 5.82 Å². The molecule has 0 atom stereocenters. The minimum absolute atomic E-state index is 0.190. The van der Waals surface area contributed by atoms with Crippen molar-refractivity contribution in [2.24, 2.45) is 0 Å². The Morgan fingerprint density at radius 1 is 1.08 bits per heavy atom. The zero-order valence-electron chi connectivity index (χ0n) is 12.9. The maximum absolute atomic E-state index is 13.7. The molecule has 1 amide bonds. The van der Waals surface area contributed by atoms with Gasteiger partial charge in [-0.25, -0.2) is 9.37 Å². The molecule has 0 aliphatic carbocycles. The van der Waals surface area contributed by atoms with Crippen molar-refractivity contribution in [3.05, 3.63) is 72.2 Å². The fourth-order valence-corrected chi connectivity index (χ4v) is 2.69. The van der Waals surface area contributed by atoms with Crippen molar-refractivity contribution >= 4 is 28.3 Å². The van der Waals surface area contributed by atoms with Gasteiger partial charge in [0.05, 0.1) is 22.1 Å². The van der Waals surface area contributed by atoms with Crippen LogP contribution in [-0.4, -0.2) is 20.4 Å². The van der Waals surface area contributed by atoms with Crippen LogP contribution >= 0.6 is 0 Å². The molecule has 6 nitrogen and oxygen atoms in total. The average molecular weight is 336 g/mol. The van der Waals surface area contributed by atoms with Gasteiger partial charge in [-0.15, -0.1) is 0 Å². The van der Waals surface area contributed by atoms with Crippen LogP contribution in [0.25, 0.3) is 16.6 Å². The summed E-state index contributed by atoms with van der Waals surface area (Å²) in [4.78, 5) is 16.7. The van der Waals surface area contributed by atoms with Crippen molar-refractivity contribution in [2.45, 2.75) is 0 Å². The predicted molar refractivity (Wildman–Crippen MR) is 91.9 cm³/mol. The average Bonchev–Trinajstić information content (AvgIpc) is 3.11. The van der Waals surface area contributed by atoms with Crippen LogP contribution in [-0.2, 0) is 0 Å². The molecule has 0 bridgehead atoms. The first-order valence-corrected chi connectivity index (χ1v) is 7.54. The minimum Gasteiger partial charge on any atom is -0.508 e. The van der Waals surface area contributed by atoms with E-state index < -0.39 is 11.7 Å². The van der Waals surface area contributed by atoms with Gasteiger partial charge in [-0.1, -0.05) is 12.1 Å². The third-order valence-electron chi connectivity index (χ3n) is 3.85. The summed E-state index contributed by atoms with van der Waals surface area (Å²) in [7, 11) is 0. The molecule has 4 aromatic rings. The molecule has 2 aromatic carbocycles. The third-order valence-corrected chi connectivity index (χ3v) is 3.85. The van der Waals surface area contributed by atoms with Gasteiger partial charge >= 0.3 is 0 Å². The minimum atomic E-state index is -0.726. The molecule has 7 heteroatoms. The van der Waals surface area contributed by atoms with Crippen molar-refractivity contribution in [3.63, 3.8) is 0 Å². The number of hydrazine groups is 1. The topological polar surface area (TPSA) is 78.7 Å². The van der Waals surface area contributed by atoms with Crippen LogP contribution in [0.3, 0.4) is 0 Å². The second kappa shape index (κ2) is 5.79. The van der Waals surface area contributed by atoms with Crippen molar-refractivity contribution in [1.29, 1.82) is 0 Å². The summed E-state index contributed by atoms with van der Waals surface area (Å²) >= 11 is 0. The molecule has 0 aliphatic rings. The molecule has 0 saturated heterocycles. The van der Waals surface area contributed by atoms with E-state index in [1.807, 2.05) is 47.0 Å². The Morgan fingerprint density at radius 2 is 1.88 bits per heavy atom. The van der Waals surface area contributed by atoms with Gasteiger partial charge in [0.25, 0.3) is 5.91 Å². The highest BCUT2D eigenvalue weighted by Crippen LogP contribution is 2.22. The predicted octanol–water partition coefficient (Wildman–Crippen LogP) is 3.09. The maximum Gasteiger partial charge on any atom is 0.272 e. The summed E-state index contributed by atoms with van der Waals surface area (Å²) < 4.78 is 15.7. The number of aromatic nitrogens is 2. The first-order valence-electron chi connectivity index (χ1n) is 7.54. The number of benzene rings is 2. The highest BCUT2D eigenvalue weighted by Gasteiger charge is 2.14. The number of para-hydroxylation sites is 2. The largest absolute Gasteiger partial charge is 0.508 e. The lowest BCUT2D eigenvalue weighted by Crippen LogP contribution is -2.30. The van der Waals surface area contributed by atoms with Crippen molar-refractivity contribution in [2.75, 3.05) is 5.43 Å². The second-order valence-corrected chi connectivity index (χ2v) is 5.46. The maximum atomic E-state index is 13.7. The second-order valence-electron chi connectivity index (χ2n) is 5.46. The summed E-state index contributed by atoms with van der Waals surface area (Å²) in [6.07, 6.45) is 1.89. The van der Waals surface area contributed by atoms with Gasteiger partial charge in [0.1, 0.15) is 11.6 Å². The molecule has 0 spiro atoms. The van der Waals surface area contributed by atoms with Crippen LogP contribution in [0.5, 0.6) is 5.75 Å². The summed E-state index contributed by atoms with van der Waals surface area (Å²) in [6, 6.07) is 14.6. The van der Waals surface area contributed by atoms with E-state index in [1.165, 1.54) is 6.07 Å². The number of anilines is 1. The van der Waals surface area contributed by atoms with E-state index in [0.29, 0.717) is 5.82 Å². The number of rotatable bonds is 3. The van der Waals surface area contributed by atoms with E-state index >= 15 is 0 Å². The number of nitrogens with one attached hydrogen (secondary N) is 2. The van der Waals surface area contributed by atoms with Gasteiger partial charge in [0.15, 0.2) is 5.82 Å². The van der Waals surface area contributed by atoms with Gasteiger partial charge in [-0.05, 0) is 42.5 Å². The Labute approximate surface area is 141 Å². The number of aromatic hydroxyl groups is 1. The molecule has 4 rings (SSSR count). The van der Waals surface area contributed by atoms with E-state index in [2.05, 4.69) is 15.8 Å². The van der Waals surface area contributed by atoms with E-state index in [0.717, 1.165) is 28.7 Å². The van der Waals surface area contributed by atoms with E-state index in [4.69, 9.17) is 0 Å². The number of carbonyl (C=O) groups is 1. The van der Waals surface area contributed by atoms with Gasteiger partial charge in [-0.3, -0.25) is 15.6 Å². The number of nitrogens with zero attached hydrogens (tertiary/aromatic N) is 2. The molecule has 0 fully saturated rings. The zero-order valence-corrected chi connectivity index (χ0v) is 12.9. The van der Waals surface area contributed by atoms with Gasteiger partial charge < -0.3 is 9.51 Å². The van der Waals surface area contributed by atoms with Crippen molar-refractivity contribution in [1.82, 2.24) is 14.8 Å². The molecule has 2 heterocycles. The number of fused-ring (bicyclic) bond motifs is 3. The summed E-state index contributed by atoms with van der Waals surface area (Å²) in [6.45, 7) is 0. The lowest BCUT2D eigenvalue weighted by atomic mass is 10.2. The molecule has 0 saturated carbocycles. The normalized spacial score (nSPS) is 10.9. The molecule has 0 aliphatic heterocycles. The Hall–Kier alpha value is -3.61. The molecule has 25 heavy (non-hydrogen) atoms. The lowest BCUT2D eigenvalue weighted by Gasteiger charge is -2.12. The molecule has 124 valence electrons. The van der Waals surface area contributed by atoms with Crippen LogP contribution < -0.4 is 10.9 Å². The van der Waals surface area contributed by atoms with Crippen LogP contribution in [0.1, 0.15) is 10.4 Å². The Balaban J connectivity index is 1.67. The quantitative estimate of drug-likeness (QED) is 0.502. The van der Waals surface area contributed by atoms with Crippen molar-refractivity contribution in [3.8, 4) is 5.75 Å². The number of phenolic OH excluding ortho intramolecular Hbond substituents is 1. The number of phenols is 1. The summed E-state index contributed by atoms with van der Waals surface area (Å²) in [5.74, 6) is -1.20. The monoisotopic (exact) mass is 336 g/mol. The van der Waals surface area contributed by atoms with E-state index in [1.54, 1.807) is 0 Å². The number of halogens is 1. The Morgan fingerprint density at radius 3 is 2.76 bits per heavy atom. The first-order chi connectivity index (χ1) is 12.1. The van der Waals surface area contributed by atoms with Gasteiger partial charge in [0, 0.05) is 6.20 Å². The number of hydrogen-bond donors (Lipinski definition) is 3.